The fourth-order valence-electron chi connectivity index (χ4n) is 0.935. The summed E-state index contributed by atoms with van der Waals surface area (Å²) in [6.45, 7) is 3.68. The lowest BCUT2D eigenvalue weighted by molar-refractivity contribution is 0.172. The molecular formula is C11H14N2O. The van der Waals surface area contributed by atoms with Crippen LogP contribution in [0.4, 0.5) is 5.82 Å². The molecule has 0 saturated carbocycles. The second-order valence-corrected chi connectivity index (χ2v) is 3.38. The SMILES string of the molecule is C#CC(C)(C)Oc1ccnc(NC)c1. The lowest BCUT2D eigenvalue weighted by atomic mass is 10.1. The summed E-state index contributed by atoms with van der Waals surface area (Å²) in [6.07, 6.45) is 6.99. The molecular weight excluding hydrogens is 176 g/mol. The van der Waals surface area contributed by atoms with Crippen molar-refractivity contribution in [1.29, 1.82) is 0 Å². The minimum atomic E-state index is -0.591. The highest BCUT2D eigenvalue weighted by Crippen LogP contribution is 2.19. The molecule has 1 heterocycles. The zero-order chi connectivity index (χ0) is 10.6. The van der Waals surface area contributed by atoms with Gasteiger partial charge in [-0.25, -0.2) is 4.98 Å². The first kappa shape index (κ1) is 10.4. The van der Waals surface area contributed by atoms with Crippen LogP contribution in [-0.2, 0) is 0 Å². The second-order valence-electron chi connectivity index (χ2n) is 3.38. The fraction of sp³-hybridized carbons (Fsp3) is 0.364. The van der Waals surface area contributed by atoms with E-state index >= 15 is 0 Å². The minimum Gasteiger partial charge on any atom is -0.475 e. The Bertz CT molecular complexity index is 353. The highest BCUT2D eigenvalue weighted by molar-refractivity contribution is 5.40. The highest BCUT2D eigenvalue weighted by Gasteiger charge is 2.15. The molecule has 1 aromatic heterocycles. The van der Waals surface area contributed by atoms with Crippen molar-refractivity contribution >= 4 is 5.82 Å². The third-order valence-corrected chi connectivity index (χ3v) is 1.71. The van der Waals surface area contributed by atoms with Gasteiger partial charge in [-0.1, -0.05) is 5.92 Å². The molecule has 0 aliphatic rings. The van der Waals surface area contributed by atoms with Gasteiger partial charge in [-0.05, 0) is 19.9 Å². The predicted molar refractivity (Wildman–Crippen MR) is 57.3 cm³/mol. The number of ether oxygens (including phenoxy) is 1. The summed E-state index contributed by atoms with van der Waals surface area (Å²) < 4.78 is 5.58. The molecule has 0 aliphatic carbocycles. The van der Waals surface area contributed by atoms with Crippen molar-refractivity contribution in [1.82, 2.24) is 4.98 Å². The molecule has 0 aliphatic heterocycles. The number of nitrogens with one attached hydrogen (secondary N) is 1. The smallest absolute Gasteiger partial charge is 0.163 e. The summed E-state index contributed by atoms with van der Waals surface area (Å²) in [4.78, 5) is 4.07. The Morgan fingerprint density at radius 1 is 1.57 bits per heavy atom. The summed E-state index contributed by atoms with van der Waals surface area (Å²) in [5.41, 5.74) is -0.591. The van der Waals surface area contributed by atoms with Gasteiger partial charge in [0.25, 0.3) is 0 Å². The molecule has 3 nitrogen and oxygen atoms in total. The summed E-state index contributed by atoms with van der Waals surface area (Å²) in [5, 5.41) is 2.93. The van der Waals surface area contributed by atoms with Crippen LogP contribution in [0.1, 0.15) is 13.8 Å². The van der Waals surface area contributed by atoms with Crippen LogP contribution in [0.5, 0.6) is 5.75 Å². The third-order valence-electron chi connectivity index (χ3n) is 1.71. The first-order valence-corrected chi connectivity index (χ1v) is 4.38. The first-order chi connectivity index (χ1) is 6.57. The molecule has 0 saturated heterocycles. The maximum Gasteiger partial charge on any atom is 0.163 e. The summed E-state index contributed by atoms with van der Waals surface area (Å²) in [6, 6.07) is 3.58. The van der Waals surface area contributed by atoms with Crippen LogP contribution in [0, 0.1) is 12.3 Å². The molecule has 1 aromatic rings. The minimum absolute atomic E-state index is 0.591. The van der Waals surface area contributed by atoms with Crippen LogP contribution in [0.3, 0.4) is 0 Å². The zero-order valence-electron chi connectivity index (χ0n) is 8.66. The van der Waals surface area contributed by atoms with E-state index in [1.807, 2.05) is 13.8 Å². The van der Waals surface area contributed by atoms with Crippen LogP contribution in [0.2, 0.25) is 0 Å². The molecule has 0 bridgehead atoms. The largest absolute Gasteiger partial charge is 0.475 e. The van der Waals surface area contributed by atoms with Crippen LogP contribution in [-0.4, -0.2) is 17.6 Å². The molecule has 14 heavy (non-hydrogen) atoms. The topological polar surface area (TPSA) is 34.1 Å². The molecule has 0 fully saturated rings. The zero-order valence-corrected chi connectivity index (χ0v) is 8.66. The number of anilines is 1. The summed E-state index contributed by atoms with van der Waals surface area (Å²) >= 11 is 0. The Morgan fingerprint density at radius 3 is 2.86 bits per heavy atom. The van der Waals surface area contributed by atoms with E-state index in [0.717, 1.165) is 5.82 Å². The van der Waals surface area contributed by atoms with Gasteiger partial charge in [-0.3, -0.25) is 0 Å². The Balaban J connectivity index is 2.83. The van der Waals surface area contributed by atoms with E-state index in [2.05, 4.69) is 16.2 Å². The quantitative estimate of drug-likeness (QED) is 0.739. The Hall–Kier alpha value is -1.69. The normalized spacial score (nSPS) is 10.4. The lowest BCUT2D eigenvalue weighted by Crippen LogP contribution is -2.25. The highest BCUT2D eigenvalue weighted by atomic mass is 16.5. The third kappa shape index (κ3) is 2.67. The van der Waals surface area contributed by atoms with Crippen LogP contribution in [0.25, 0.3) is 0 Å². The molecule has 0 amide bonds. The van der Waals surface area contributed by atoms with Crippen LogP contribution >= 0.6 is 0 Å². The van der Waals surface area contributed by atoms with Crippen LogP contribution < -0.4 is 10.1 Å². The number of pyridine rings is 1. The van der Waals surface area contributed by atoms with E-state index < -0.39 is 5.60 Å². The average Bonchev–Trinajstić information content (AvgIpc) is 2.17. The Kier molecular flexibility index (Phi) is 2.98. The average molecular weight is 190 g/mol. The maximum atomic E-state index is 5.58. The molecule has 0 spiro atoms. The summed E-state index contributed by atoms with van der Waals surface area (Å²) in [5.74, 6) is 4.04. The van der Waals surface area contributed by atoms with Gasteiger partial charge < -0.3 is 10.1 Å². The van der Waals surface area contributed by atoms with Crippen LogP contribution in [0.15, 0.2) is 18.3 Å². The molecule has 0 radical (unpaired) electrons. The number of terminal acetylenes is 1. The lowest BCUT2D eigenvalue weighted by Gasteiger charge is -2.20. The van der Waals surface area contributed by atoms with Crippen molar-refractivity contribution in [3.05, 3.63) is 18.3 Å². The molecule has 1 rings (SSSR count). The van der Waals surface area contributed by atoms with Crippen molar-refractivity contribution in [3.8, 4) is 18.1 Å². The number of nitrogens with zero attached hydrogens (tertiary/aromatic N) is 1. The molecule has 1 N–H and O–H groups in total. The van der Waals surface area contributed by atoms with Gasteiger partial charge in [0.05, 0.1) is 0 Å². The van der Waals surface area contributed by atoms with Crippen molar-refractivity contribution in [2.75, 3.05) is 12.4 Å². The summed E-state index contributed by atoms with van der Waals surface area (Å²) in [7, 11) is 1.80. The van der Waals surface area contributed by atoms with Crippen molar-refractivity contribution < 1.29 is 4.74 Å². The molecule has 0 unspecified atom stereocenters. The number of hydrogen-bond donors (Lipinski definition) is 1. The van der Waals surface area contributed by atoms with Crippen molar-refractivity contribution in [2.45, 2.75) is 19.4 Å². The standard InChI is InChI=1S/C11H14N2O/c1-5-11(2,3)14-9-6-7-13-10(8-9)12-4/h1,6-8H,2-4H3,(H,12,13). The van der Waals surface area contributed by atoms with E-state index in [1.165, 1.54) is 0 Å². The fourth-order valence-corrected chi connectivity index (χ4v) is 0.935. The number of aromatic nitrogens is 1. The van der Waals surface area contributed by atoms with Gasteiger partial charge in [-0.2, -0.15) is 0 Å². The first-order valence-electron chi connectivity index (χ1n) is 4.38. The van der Waals surface area contributed by atoms with E-state index in [9.17, 15) is 0 Å². The molecule has 0 atom stereocenters. The van der Waals surface area contributed by atoms with E-state index in [4.69, 9.17) is 11.2 Å². The van der Waals surface area contributed by atoms with Gasteiger partial charge in [0.1, 0.15) is 11.6 Å². The molecule has 74 valence electrons. The predicted octanol–water partition coefficient (Wildman–Crippen LogP) is 1.91. The Morgan fingerprint density at radius 2 is 2.29 bits per heavy atom. The van der Waals surface area contributed by atoms with Crippen molar-refractivity contribution in [3.63, 3.8) is 0 Å². The van der Waals surface area contributed by atoms with E-state index in [-0.39, 0.29) is 0 Å². The molecule has 3 heteroatoms. The maximum absolute atomic E-state index is 5.58. The van der Waals surface area contributed by atoms with Gasteiger partial charge in [0.2, 0.25) is 0 Å². The monoisotopic (exact) mass is 190 g/mol. The number of rotatable bonds is 3. The van der Waals surface area contributed by atoms with Gasteiger partial charge in [-0.15, -0.1) is 6.42 Å². The van der Waals surface area contributed by atoms with Gasteiger partial charge in [0.15, 0.2) is 5.60 Å². The van der Waals surface area contributed by atoms with E-state index in [1.54, 1.807) is 25.4 Å². The molecule has 0 aromatic carbocycles. The van der Waals surface area contributed by atoms with Gasteiger partial charge >= 0.3 is 0 Å². The second kappa shape index (κ2) is 4.01. The van der Waals surface area contributed by atoms with E-state index in [0.29, 0.717) is 5.75 Å². The van der Waals surface area contributed by atoms with Gasteiger partial charge in [0, 0.05) is 19.3 Å². The Labute approximate surface area is 84.5 Å². The number of hydrogen-bond acceptors (Lipinski definition) is 3. The van der Waals surface area contributed by atoms with Crippen molar-refractivity contribution in [2.24, 2.45) is 0 Å².